The zero-order chi connectivity index (χ0) is 18.1. The second kappa shape index (κ2) is 11.5. The summed E-state index contributed by atoms with van der Waals surface area (Å²) in [6.07, 6.45) is 4.88. The van der Waals surface area contributed by atoms with Crippen molar-refractivity contribution in [3.63, 3.8) is 0 Å². The van der Waals surface area contributed by atoms with E-state index in [1.165, 1.54) is 19.3 Å². The van der Waals surface area contributed by atoms with Gasteiger partial charge < -0.3 is 24.8 Å². The smallest absolute Gasteiger partial charge is 0.195 e. The van der Waals surface area contributed by atoms with Gasteiger partial charge in [0.1, 0.15) is 0 Å². The standard InChI is InChI=1S/C19H31N3O3.HI/c1-5-25-17-13-15(7-8-16(17)24-4)22-18(20-2)21-14-19(9-6-10-19)11-12-23-3;/h7-8,13H,5-6,9-12,14H2,1-4H3,(H2,20,21,22);1H. The van der Waals surface area contributed by atoms with Crippen LogP contribution in [0.15, 0.2) is 23.2 Å². The van der Waals surface area contributed by atoms with E-state index in [1.807, 2.05) is 25.1 Å². The molecule has 0 saturated heterocycles. The number of methoxy groups -OCH3 is 2. The van der Waals surface area contributed by atoms with Crippen LogP contribution in [-0.2, 0) is 4.74 Å². The molecule has 1 saturated carbocycles. The average Bonchev–Trinajstić information content (AvgIpc) is 2.60. The van der Waals surface area contributed by atoms with Crippen molar-refractivity contribution >= 4 is 35.6 Å². The number of halogens is 1. The predicted octanol–water partition coefficient (Wildman–Crippen LogP) is 3.91. The fourth-order valence-electron chi connectivity index (χ4n) is 3.12. The van der Waals surface area contributed by atoms with Gasteiger partial charge in [-0.05, 0) is 43.7 Å². The van der Waals surface area contributed by atoms with Crippen molar-refractivity contribution in [2.45, 2.75) is 32.6 Å². The molecule has 0 amide bonds. The van der Waals surface area contributed by atoms with Crippen molar-refractivity contribution in [3.8, 4) is 11.5 Å². The monoisotopic (exact) mass is 477 g/mol. The Morgan fingerprint density at radius 3 is 2.54 bits per heavy atom. The van der Waals surface area contributed by atoms with E-state index in [0.29, 0.717) is 12.0 Å². The second-order valence-corrected chi connectivity index (χ2v) is 6.45. The molecule has 1 fully saturated rings. The summed E-state index contributed by atoms with van der Waals surface area (Å²) in [6, 6.07) is 5.78. The third kappa shape index (κ3) is 6.19. The van der Waals surface area contributed by atoms with Crippen molar-refractivity contribution in [1.82, 2.24) is 5.32 Å². The van der Waals surface area contributed by atoms with Crippen molar-refractivity contribution in [2.75, 3.05) is 46.3 Å². The summed E-state index contributed by atoms with van der Waals surface area (Å²) in [5.41, 5.74) is 1.25. The van der Waals surface area contributed by atoms with Crippen LogP contribution in [0.1, 0.15) is 32.6 Å². The number of guanidine groups is 1. The van der Waals surface area contributed by atoms with Gasteiger partial charge in [-0.3, -0.25) is 4.99 Å². The number of hydrogen-bond acceptors (Lipinski definition) is 4. The SMILES string of the molecule is CCOc1cc(NC(=NC)NCC2(CCOC)CCC2)ccc1OC.I. The van der Waals surface area contributed by atoms with E-state index in [4.69, 9.17) is 14.2 Å². The summed E-state index contributed by atoms with van der Waals surface area (Å²) in [5.74, 6) is 2.21. The molecule has 26 heavy (non-hydrogen) atoms. The van der Waals surface area contributed by atoms with E-state index < -0.39 is 0 Å². The van der Waals surface area contributed by atoms with Gasteiger partial charge in [-0.2, -0.15) is 0 Å². The maximum Gasteiger partial charge on any atom is 0.195 e. The Kier molecular flexibility index (Phi) is 10.1. The van der Waals surface area contributed by atoms with E-state index in [-0.39, 0.29) is 24.0 Å². The largest absolute Gasteiger partial charge is 0.493 e. The molecule has 6 nitrogen and oxygen atoms in total. The van der Waals surface area contributed by atoms with E-state index in [0.717, 1.165) is 42.7 Å². The number of ether oxygens (including phenoxy) is 3. The highest BCUT2D eigenvalue weighted by Gasteiger charge is 2.36. The molecule has 2 N–H and O–H groups in total. The van der Waals surface area contributed by atoms with Crippen LogP contribution in [-0.4, -0.2) is 47.0 Å². The molecule has 0 aromatic heterocycles. The molecule has 148 valence electrons. The summed E-state index contributed by atoms with van der Waals surface area (Å²) in [5, 5.41) is 6.79. The zero-order valence-electron chi connectivity index (χ0n) is 16.3. The van der Waals surface area contributed by atoms with Crippen LogP contribution < -0.4 is 20.1 Å². The minimum atomic E-state index is 0. The van der Waals surface area contributed by atoms with E-state index in [2.05, 4.69) is 15.6 Å². The van der Waals surface area contributed by atoms with Crippen LogP contribution in [0.5, 0.6) is 11.5 Å². The lowest BCUT2D eigenvalue weighted by Gasteiger charge is -2.42. The van der Waals surface area contributed by atoms with E-state index in [9.17, 15) is 0 Å². The quantitative estimate of drug-likeness (QED) is 0.321. The number of aliphatic imine (C=N–C) groups is 1. The second-order valence-electron chi connectivity index (χ2n) is 6.45. The minimum Gasteiger partial charge on any atom is -0.493 e. The highest BCUT2D eigenvalue weighted by atomic mass is 127. The highest BCUT2D eigenvalue weighted by molar-refractivity contribution is 14.0. The molecular weight excluding hydrogens is 445 g/mol. The molecule has 0 radical (unpaired) electrons. The van der Waals surface area contributed by atoms with Crippen LogP contribution in [0.3, 0.4) is 0 Å². The minimum absolute atomic E-state index is 0. The molecule has 1 aliphatic carbocycles. The Morgan fingerprint density at radius 2 is 2.00 bits per heavy atom. The van der Waals surface area contributed by atoms with Gasteiger partial charge in [0.2, 0.25) is 0 Å². The van der Waals surface area contributed by atoms with Gasteiger partial charge in [0.15, 0.2) is 17.5 Å². The molecule has 7 heteroatoms. The molecule has 0 unspecified atom stereocenters. The first-order valence-corrected chi connectivity index (χ1v) is 8.94. The highest BCUT2D eigenvalue weighted by Crippen LogP contribution is 2.43. The van der Waals surface area contributed by atoms with Gasteiger partial charge in [-0.1, -0.05) is 6.42 Å². The molecule has 0 atom stereocenters. The lowest BCUT2D eigenvalue weighted by atomic mass is 9.67. The van der Waals surface area contributed by atoms with Crippen LogP contribution in [0.4, 0.5) is 5.69 Å². The van der Waals surface area contributed by atoms with Gasteiger partial charge in [-0.25, -0.2) is 0 Å². The Morgan fingerprint density at radius 1 is 1.23 bits per heavy atom. The van der Waals surface area contributed by atoms with Gasteiger partial charge in [0.25, 0.3) is 0 Å². The summed E-state index contributed by atoms with van der Waals surface area (Å²) in [7, 11) is 5.19. The maximum atomic E-state index is 5.63. The van der Waals surface area contributed by atoms with Crippen molar-refractivity contribution in [3.05, 3.63) is 18.2 Å². The molecule has 0 bridgehead atoms. The molecule has 1 aliphatic rings. The maximum absolute atomic E-state index is 5.63. The Labute approximate surface area is 174 Å². The van der Waals surface area contributed by atoms with Crippen LogP contribution in [0, 0.1) is 5.41 Å². The summed E-state index contributed by atoms with van der Waals surface area (Å²) < 4.78 is 16.2. The molecule has 0 spiro atoms. The summed E-state index contributed by atoms with van der Waals surface area (Å²) in [6.45, 7) is 4.27. The molecule has 1 aromatic rings. The predicted molar refractivity (Wildman–Crippen MR) is 117 cm³/mol. The summed E-state index contributed by atoms with van der Waals surface area (Å²) in [4.78, 5) is 4.33. The molecule has 0 heterocycles. The first kappa shape index (κ1) is 22.8. The molecule has 0 aliphatic heterocycles. The number of hydrogen-bond donors (Lipinski definition) is 2. The van der Waals surface area contributed by atoms with E-state index in [1.54, 1.807) is 21.3 Å². The lowest BCUT2D eigenvalue weighted by molar-refractivity contribution is 0.0735. The Balaban J connectivity index is 0.00000338. The van der Waals surface area contributed by atoms with Crippen molar-refractivity contribution in [2.24, 2.45) is 10.4 Å². The van der Waals surface area contributed by atoms with Crippen LogP contribution in [0.2, 0.25) is 0 Å². The number of nitrogens with zero attached hydrogens (tertiary/aromatic N) is 1. The fraction of sp³-hybridized carbons (Fsp3) is 0.632. The Hall–Kier alpha value is -1.22. The number of nitrogens with one attached hydrogen (secondary N) is 2. The normalized spacial score (nSPS) is 15.5. The Bertz CT molecular complexity index is 577. The average molecular weight is 477 g/mol. The third-order valence-electron chi connectivity index (χ3n) is 4.83. The van der Waals surface area contributed by atoms with Gasteiger partial charge >= 0.3 is 0 Å². The van der Waals surface area contributed by atoms with Gasteiger partial charge in [-0.15, -0.1) is 24.0 Å². The summed E-state index contributed by atoms with van der Waals surface area (Å²) >= 11 is 0. The van der Waals surface area contributed by atoms with Gasteiger partial charge in [0, 0.05) is 39.1 Å². The number of anilines is 1. The molecular formula is C19H32IN3O3. The van der Waals surface area contributed by atoms with Crippen LogP contribution in [0.25, 0.3) is 0 Å². The molecule has 1 aromatic carbocycles. The van der Waals surface area contributed by atoms with E-state index >= 15 is 0 Å². The molecule has 2 rings (SSSR count). The van der Waals surface area contributed by atoms with Crippen molar-refractivity contribution < 1.29 is 14.2 Å². The van der Waals surface area contributed by atoms with Crippen molar-refractivity contribution in [1.29, 1.82) is 0 Å². The first-order valence-electron chi connectivity index (χ1n) is 8.94. The van der Waals surface area contributed by atoms with Gasteiger partial charge in [0.05, 0.1) is 13.7 Å². The number of benzene rings is 1. The lowest BCUT2D eigenvalue weighted by Crippen LogP contribution is -2.44. The number of rotatable bonds is 9. The van der Waals surface area contributed by atoms with Crippen LogP contribution >= 0.6 is 24.0 Å². The fourth-order valence-corrected chi connectivity index (χ4v) is 3.12. The third-order valence-corrected chi connectivity index (χ3v) is 4.83. The zero-order valence-corrected chi connectivity index (χ0v) is 18.6. The first-order chi connectivity index (χ1) is 12.2. The topological polar surface area (TPSA) is 64.1 Å².